The average Bonchev–Trinajstić information content (AvgIpc) is 2.38. The molecule has 4 nitrogen and oxygen atoms in total. The molecule has 4 heteroatoms. The van der Waals surface area contributed by atoms with Gasteiger partial charge in [-0.2, -0.15) is 0 Å². The first-order chi connectivity index (χ1) is 8.63. The smallest absolute Gasteiger partial charge is 0.124 e. The largest absolute Gasteiger partial charge is 0.396 e. The zero-order chi connectivity index (χ0) is 13.1. The maximum Gasteiger partial charge on any atom is 0.124 e. The fourth-order valence-electron chi connectivity index (χ4n) is 2.71. The zero-order valence-corrected chi connectivity index (χ0v) is 10.8. The number of aliphatic hydroxyl groups excluding tert-OH is 1. The number of nitrogen functional groups attached to an aromatic ring is 1. The number of nitrogens with two attached hydrogens (primary N) is 1. The van der Waals surface area contributed by atoms with Gasteiger partial charge in [-0.25, -0.2) is 0 Å². The number of para-hydroxylation sites is 1. The Balaban J connectivity index is 2.34. The highest BCUT2D eigenvalue weighted by Crippen LogP contribution is 2.29. The van der Waals surface area contributed by atoms with Gasteiger partial charge in [0.2, 0.25) is 0 Å². The fraction of sp³-hybridized carbons (Fsp3) is 0.500. The van der Waals surface area contributed by atoms with Crippen molar-refractivity contribution in [3.05, 3.63) is 29.3 Å². The molecule has 0 spiro atoms. The summed E-state index contributed by atoms with van der Waals surface area (Å²) in [5.41, 5.74) is 8.66. The van der Waals surface area contributed by atoms with Crippen molar-refractivity contribution in [2.75, 3.05) is 24.6 Å². The van der Waals surface area contributed by atoms with Crippen LogP contribution in [-0.4, -0.2) is 30.6 Å². The number of amidine groups is 1. The average molecular weight is 247 g/mol. The summed E-state index contributed by atoms with van der Waals surface area (Å²) in [6.07, 6.45) is 2.16. The molecule has 1 aliphatic heterocycles. The van der Waals surface area contributed by atoms with Crippen molar-refractivity contribution in [2.24, 2.45) is 11.7 Å². The summed E-state index contributed by atoms with van der Waals surface area (Å²) in [7, 11) is 0. The van der Waals surface area contributed by atoms with Crippen molar-refractivity contribution in [3.63, 3.8) is 0 Å². The van der Waals surface area contributed by atoms with E-state index < -0.39 is 0 Å². The summed E-state index contributed by atoms with van der Waals surface area (Å²) in [5, 5.41) is 17.0. The molecule has 0 radical (unpaired) electrons. The van der Waals surface area contributed by atoms with Gasteiger partial charge in [0.05, 0.1) is 5.69 Å². The molecule has 2 rings (SSSR count). The number of aryl methyl sites for hydroxylation is 1. The molecule has 18 heavy (non-hydrogen) atoms. The van der Waals surface area contributed by atoms with Gasteiger partial charge in [-0.1, -0.05) is 12.1 Å². The first-order valence-electron chi connectivity index (χ1n) is 6.43. The summed E-state index contributed by atoms with van der Waals surface area (Å²) in [4.78, 5) is 2.26. The van der Waals surface area contributed by atoms with Gasteiger partial charge in [-0.3, -0.25) is 5.41 Å². The van der Waals surface area contributed by atoms with Gasteiger partial charge in [0.15, 0.2) is 0 Å². The van der Waals surface area contributed by atoms with Crippen molar-refractivity contribution in [1.29, 1.82) is 5.41 Å². The standard InChI is InChI=1S/C14H21N3O/c1-10-4-2-6-12(14(15)16)13(10)17-7-3-5-11(8-17)9-18/h2,4,6,11,18H,3,5,7-9H2,1H3,(H3,15,16). The molecule has 1 fully saturated rings. The van der Waals surface area contributed by atoms with Gasteiger partial charge in [0.1, 0.15) is 5.84 Å². The number of hydrogen-bond acceptors (Lipinski definition) is 3. The lowest BCUT2D eigenvalue weighted by molar-refractivity contribution is 0.208. The lowest BCUT2D eigenvalue weighted by Crippen LogP contribution is -2.38. The van der Waals surface area contributed by atoms with Crippen molar-refractivity contribution >= 4 is 11.5 Å². The van der Waals surface area contributed by atoms with Crippen LogP contribution in [0.1, 0.15) is 24.0 Å². The van der Waals surface area contributed by atoms with Gasteiger partial charge in [-0.15, -0.1) is 0 Å². The highest BCUT2D eigenvalue weighted by molar-refractivity contribution is 6.01. The Hall–Kier alpha value is -1.55. The molecule has 0 aromatic heterocycles. The van der Waals surface area contributed by atoms with Crippen LogP contribution >= 0.6 is 0 Å². The van der Waals surface area contributed by atoms with Crippen molar-refractivity contribution in [3.8, 4) is 0 Å². The van der Waals surface area contributed by atoms with Crippen LogP contribution in [0.3, 0.4) is 0 Å². The predicted octanol–water partition coefficient (Wildman–Crippen LogP) is 1.49. The van der Waals surface area contributed by atoms with Crippen LogP contribution in [0.5, 0.6) is 0 Å². The molecule has 0 aliphatic carbocycles. The van der Waals surface area contributed by atoms with Crippen molar-refractivity contribution in [2.45, 2.75) is 19.8 Å². The van der Waals surface area contributed by atoms with E-state index in [4.69, 9.17) is 11.1 Å². The third-order valence-corrected chi connectivity index (χ3v) is 3.62. The molecule has 1 atom stereocenters. The number of hydrogen-bond donors (Lipinski definition) is 3. The lowest BCUT2D eigenvalue weighted by Gasteiger charge is -2.35. The van der Waals surface area contributed by atoms with E-state index in [0.717, 1.165) is 42.7 Å². The molecule has 1 heterocycles. The monoisotopic (exact) mass is 247 g/mol. The topological polar surface area (TPSA) is 73.3 Å². The molecule has 98 valence electrons. The molecule has 1 aromatic rings. The molecule has 0 amide bonds. The van der Waals surface area contributed by atoms with E-state index in [1.54, 1.807) is 0 Å². The highest BCUT2D eigenvalue weighted by Gasteiger charge is 2.22. The minimum atomic E-state index is 0.111. The van der Waals surface area contributed by atoms with Crippen molar-refractivity contribution in [1.82, 2.24) is 0 Å². The molecule has 0 saturated carbocycles. The number of nitrogens with zero attached hydrogens (tertiary/aromatic N) is 1. The third kappa shape index (κ3) is 2.48. The maximum atomic E-state index is 9.31. The zero-order valence-electron chi connectivity index (χ0n) is 10.8. The van der Waals surface area contributed by atoms with E-state index in [1.165, 1.54) is 0 Å². The number of piperidine rings is 1. The quantitative estimate of drug-likeness (QED) is 0.559. The van der Waals surface area contributed by atoms with Crippen LogP contribution in [-0.2, 0) is 0 Å². The first-order valence-corrected chi connectivity index (χ1v) is 6.43. The summed E-state index contributed by atoms with van der Waals surface area (Å²) in [5.74, 6) is 0.443. The van der Waals surface area contributed by atoms with Crippen molar-refractivity contribution < 1.29 is 5.11 Å². The molecule has 1 unspecified atom stereocenters. The minimum Gasteiger partial charge on any atom is -0.396 e. The number of rotatable bonds is 3. The van der Waals surface area contributed by atoms with Crippen LogP contribution in [0.2, 0.25) is 0 Å². The van der Waals surface area contributed by atoms with Crippen LogP contribution in [0.15, 0.2) is 18.2 Å². The van der Waals surface area contributed by atoms with Gasteiger partial charge in [0.25, 0.3) is 0 Å². The number of aliphatic hydroxyl groups is 1. The molecule has 1 saturated heterocycles. The van der Waals surface area contributed by atoms with Gasteiger partial charge < -0.3 is 15.7 Å². The highest BCUT2D eigenvalue weighted by atomic mass is 16.3. The van der Waals surface area contributed by atoms with Crippen LogP contribution in [0.4, 0.5) is 5.69 Å². The number of anilines is 1. The molecular formula is C14H21N3O. The van der Waals surface area contributed by atoms with E-state index in [-0.39, 0.29) is 12.4 Å². The van der Waals surface area contributed by atoms with E-state index in [2.05, 4.69) is 4.90 Å². The summed E-state index contributed by atoms with van der Waals surface area (Å²) in [6, 6.07) is 5.88. The Bertz CT molecular complexity index is 445. The minimum absolute atomic E-state index is 0.111. The first kappa shape index (κ1) is 12.9. The van der Waals surface area contributed by atoms with E-state index in [9.17, 15) is 5.11 Å². The molecule has 1 aromatic carbocycles. The summed E-state index contributed by atoms with van der Waals surface area (Å²) in [6.45, 7) is 4.10. The second kappa shape index (κ2) is 5.40. The van der Waals surface area contributed by atoms with E-state index in [0.29, 0.717) is 5.92 Å². The molecule has 0 bridgehead atoms. The predicted molar refractivity (Wildman–Crippen MR) is 74.2 cm³/mol. The van der Waals surface area contributed by atoms with Gasteiger partial charge >= 0.3 is 0 Å². The number of nitrogens with one attached hydrogen (secondary N) is 1. The van der Waals surface area contributed by atoms with Gasteiger partial charge in [0, 0.05) is 25.3 Å². The SMILES string of the molecule is Cc1cccc(C(=N)N)c1N1CCCC(CO)C1. The van der Waals surface area contributed by atoms with E-state index >= 15 is 0 Å². The van der Waals surface area contributed by atoms with Crippen LogP contribution in [0.25, 0.3) is 0 Å². The Morgan fingerprint density at radius 2 is 2.33 bits per heavy atom. The third-order valence-electron chi connectivity index (χ3n) is 3.62. The molecule has 4 N–H and O–H groups in total. The van der Waals surface area contributed by atoms with Crippen LogP contribution < -0.4 is 10.6 Å². The Labute approximate surface area is 108 Å². The number of benzene rings is 1. The Kier molecular flexibility index (Phi) is 3.87. The van der Waals surface area contributed by atoms with Crippen LogP contribution in [0, 0.1) is 18.3 Å². The summed E-state index contributed by atoms with van der Waals surface area (Å²) >= 11 is 0. The second-order valence-electron chi connectivity index (χ2n) is 5.02. The summed E-state index contributed by atoms with van der Waals surface area (Å²) < 4.78 is 0. The maximum absolute atomic E-state index is 9.31. The van der Waals surface area contributed by atoms with Gasteiger partial charge in [-0.05, 0) is 37.3 Å². The second-order valence-corrected chi connectivity index (χ2v) is 5.02. The molecular weight excluding hydrogens is 226 g/mol. The Morgan fingerprint density at radius 1 is 1.56 bits per heavy atom. The Morgan fingerprint density at radius 3 is 3.00 bits per heavy atom. The normalized spacial score (nSPS) is 19.9. The fourth-order valence-corrected chi connectivity index (χ4v) is 2.71. The van der Waals surface area contributed by atoms with E-state index in [1.807, 2.05) is 25.1 Å². The molecule has 1 aliphatic rings. The lowest BCUT2D eigenvalue weighted by atomic mass is 9.96.